The Labute approximate surface area is 135 Å². The number of nitrogens with zero attached hydrogens (tertiary/aromatic N) is 1. The minimum absolute atomic E-state index is 0.130. The minimum atomic E-state index is -3.41. The highest BCUT2D eigenvalue weighted by Crippen LogP contribution is 2.17. The Morgan fingerprint density at radius 1 is 1.22 bits per heavy atom. The van der Waals surface area contributed by atoms with Crippen LogP contribution in [0.5, 0.6) is 0 Å². The molecule has 0 fully saturated rings. The molecule has 0 saturated heterocycles. The first-order chi connectivity index (χ1) is 10.7. The van der Waals surface area contributed by atoms with Crippen molar-refractivity contribution in [2.24, 2.45) is 0 Å². The number of aliphatic carboxylic acids is 1. The molecular weight excluding hydrogens is 322 g/mol. The van der Waals surface area contributed by atoms with Crippen molar-refractivity contribution in [1.29, 1.82) is 0 Å². The number of carbonyl (C=O) groups is 2. The monoisotopic (exact) mass is 343 g/mol. The van der Waals surface area contributed by atoms with Crippen molar-refractivity contribution in [2.75, 3.05) is 26.8 Å². The van der Waals surface area contributed by atoms with Crippen LogP contribution in [0, 0.1) is 0 Å². The fraction of sp³-hybridized carbons (Fsp3) is 0.467. The van der Waals surface area contributed by atoms with Gasteiger partial charge in [0.15, 0.2) is 9.84 Å². The fourth-order valence-corrected chi connectivity index (χ4v) is 2.92. The molecule has 0 aliphatic rings. The van der Waals surface area contributed by atoms with Crippen LogP contribution in [0.1, 0.15) is 24.2 Å². The molecule has 0 bridgehead atoms. The molecule has 0 radical (unpaired) electrons. The summed E-state index contributed by atoms with van der Waals surface area (Å²) in [6, 6.07) is 5.49. The maximum absolute atomic E-state index is 12.3. The molecule has 1 aromatic rings. The molecule has 7 nitrogen and oxygen atoms in total. The first-order valence-electron chi connectivity index (χ1n) is 7.04. The van der Waals surface area contributed by atoms with Gasteiger partial charge in [-0.05, 0) is 38.1 Å². The number of sulfone groups is 1. The van der Waals surface area contributed by atoms with E-state index in [0.717, 1.165) is 4.90 Å². The van der Waals surface area contributed by atoms with E-state index in [9.17, 15) is 18.0 Å². The van der Waals surface area contributed by atoms with E-state index in [1.165, 1.54) is 31.4 Å². The van der Waals surface area contributed by atoms with Gasteiger partial charge in [-0.15, -0.1) is 0 Å². The summed E-state index contributed by atoms with van der Waals surface area (Å²) in [6.07, 6.45) is 0. The number of rotatable bonds is 8. The summed E-state index contributed by atoms with van der Waals surface area (Å²) in [4.78, 5) is 24.5. The van der Waals surface area contributed by atoms with Crippen molar-refractivity contribution in [3.05, 3.63) is 29.8 Å². The van der Waals surface area contributed by atoms with E-state index < -0.39 is 33.5 Å². The van der Waals surface area contributed by atoms with E-state index in [1.807, 2.05) is 0 Å². The number of hydrogen-bond donors (Lipinski definition) is 1. The molecule has 1 N–H and O–H groups in total. The largest absolute Gasteiger partial charge is 0.480 e. The van der Waals surface area contributed by atoms with Crippen molar-refractivity contribution >= 4 is 21.7 Å². The van der Waals surface area contributed by atoms with E-state index in [-0.39, 0.29) is 23.6 Å². The third-order valence-corrected chi connectivity index (χ3v) is 5.40. The summed E-state index contributed by atoms with van der Waals surface area (Å²) in [6.45, 7) is 3.04. The van der Waals surface area contributed by atoms with Crippen molar-refractivity contribution in [2.45, 2.75) is 24.0 Å². The predicted molar refractivity (Wildman–Crippen MR) is 84.2 cm³/mol. The fourth-order valence-electron chi connectivity index (χ4n) is 1.86. The van der Waals surface area contributed by atoms with Gasteiger partial charge in [0.05, 0.1) is 16.8 Å². The van der Waals surface area contributed by atoms with Gasteiger partial charge in [0.2, 0.25) is 0 Å². The summed E-state index contributed by atoms with van der Waals surface area (Å²) in [5.74, 6) is -1.62. The quantitative estimate of drug-likeness (QED) is 0.757. The smallest absolute Gasteiger partial charge is 0.323 e. The zero-order chi connectivity index (χ0) is 17.6. The van der Waals surface area contributed by atoms with Crippen LogP contribution in [-0.4, -0.2) is 62.4 Å². The third kappa shape index (κ3) is 5.04. The van der Waals surface area contributed by atoms with Gasteiger partial charge in [0.25, 0.3) is 5.91 Å². The van der Waals surface area contributed by atoms with E-state index in [0.29, 0.717) is 0 Å². The van der Waals surface area contributed by atoms with Crippen LogP contribution < -0.4 is 0 Å². The van der Waals surface area contributed by atoms with Gasteiger partial charge in [0.1, 0.15) is 6.54 Å². The summed E-state index contributed by atoms with van der Waals surface area (Å²) < 4.78 is 29.0. The molecule has 1 rings (SSSR count). The highest BCUT2D eigenvalue weighted by Gasteiger charge is 2.21. The lowest BCUT2D eigenvalue weighted by Gasteiger charge is -2.20. The number of ether oxygens (including phenoxy) is 1. The molecule has 1 aromatic carbocycles. The number of carboxylic acid groups (broad SMARTS) is 1. The second kappa shape index (κ2) is 8.07. The van der Waals surface area contributed by atoms with Crippen LogP contribution in [0.3, 0.4) is 0 Å². The first-order valence-corrected chi connectivity index (χ1v) is 8.58. The van der Waals surface area contributed by atoms with Crippen molar-refractivity contribution in [1.82, 2.24) is 4.90 Å². The van der Waals surface area contributed by atoms with Crippen LogP contribution in [-0.2, 0) is 19.4 Å². The Kier molecular flexibility index (Phi) is 6.71. The standard InChI is InChI=1S/C15H21NO6S/c1-11(2)23(20,21)13-6-4-12(5-7-13)15(19)16(8-9-22-3)10-14(17)18/h4-7,11H,8-10H2,1-3H3,(H,17,18). The predicted octanol–water partition coefficient (Wildman–Crippen LogP) is 1.04. The number of carbonyl (C=O) groups excluding carboxylic acids is 1. The van der Waals surface area contributed by atoms with Gasteiger partial charge in [0, 0.05) is 19.2 Å². The molecule has 1 amide bonds. The second-order valence-electron chi connectivity index (χ2n) is 5.23. The van der Waals surface area contributed by atoms with E-state index in [1.54, 1.807) is 13.8 Å². The highest BCUT2D eigenvalue weighted by atomic mass is 32.2. The summed E-state index contributed by atoms with van der Waals surface area (Å²) in [5, 5.41) is 8.32. The molecule has 0 atom stereocenters. The van der Waals surface area contributed by atoms with Crippen molar-refractivity contribution < 1.29 is 27.9 Å². The lowest BCUT2D eigenvalue weighted by Crippen LogP contribution is -2.38. The van der Waals surface area contributed by atoms with Gasteiger partial charge in [-0.3, -0.25) is 9.59 Å². The molecule has 0 heterocycles. The SMILES string of the molecule is COCCN(CC(=O)O)C(=O)c1ccc(S(=O)(=O)C(C)C)cc1. The summed E-state index contributed by atoms with van der Waals surface area (Å²) in [7, 11) is -1.96. The van der Waals surface area contributed by atoms with Gasteiger partial charge < -0.3 is 14.7 Å². The molecule has 23 heavy (non-hydrogen) atoms. The second-order valence-corrected chi connectivity index (χ2v) is 7.74. The Hall–Kier alpha value is -1.93. The highest BCUT2D eigenvalue weighted by molar-refractivity contribution is 7.92. The average Bonchev–Trinajstić information content (AvgIpc) is 2.50. The molecule has 128 valence electrons. The van der Waals surface area contributed by atoms with Gasteiger partial charge in [-0.2, -0.15) is 0 Å². The molecule has 0 unspecified atom stereocenters. The molecule has 0 aliphatic heterocycles. The molecule has 0 saturated carbocycles. The lowest BCUT2D eigenvalue weighted by atomic mass is 10.2. The van der Waals surface area contributed by atoms with Crippen LogP contribution >= 0.6 is 0 Å². The zero-order valence-electron chi connectivity index (χ0n) is 13.4. The third-order valence-electron chi connectivity index (χ3n) is 3.23. The van der Waals surface area contributed by atoms with Gasteiger partial charge in [-0.1, -0.05) is 0 Å². The molecule has 0 spiro atoms. The Balaban J connectivity index is 3.00. The minimum Gasteiger partial charge on any atom is -0.480 e. The Bertz CT molecular complexity index is 651. The van der Waals surface area contributed by atoms with Gasteiger partial charge in [-0.25, -0.2) is 8.42 Å². The summed E-state index contributed by atoms with van der Waals surface area (Å²) in [5.41, 5.74) is 0.227. The zero-order valence-corrected chi connectivity index (χ0v) is 14.2. The van der Waals surface area contributed by atoms with Crippen LogP contribution in [0.4, 0.5) is 0 Å². The first kappa shape index (κ1) is 19.1. The van der Waals surface area contributed by atoms with E-state index in [2.05, 4.69) is 0 Å². The maximum Gasteiger partial charge on any atom is 0.323 e. The van der Waals surface area contributed by atoms with Crippen LogP contribution in [0.2, 0.25) is 0 Å². The molecule has 0 aromatic heterocycles. The average molecular weight is 343 g/mol. The molecule has 0 aliphatic carbocycles. The van der Waals surface area contributed by atoms with Crippen molar-refractivity contribution in [3.63, 3.8) is 0 Å². The number of hydrogen-bond acceptors (Lipinski definition) is 5. The number of carboxylic acids is 1. The van der Waals surface area contributed by atoms with Crippen molar-refractivity contribution in [3.8, 4) is 0 Å². The van der Waals surface area contributed by atoms with Crippen LogP contribution in [0.15, 0.2) is 29.2 Å². The van der Waals surface area contributed by atoms with Crippen LogP contribution in [0.25, 0.3) is 0 Å². The number of benzene rings is 1. The lowest BCUT2D eigenvalue weighted by molar-refractivity contribution is -0.137. The number of amides is 1. The van der Waals surface area contributed by atoms with E-state index >= 15 is 0 Å². The normalized spacial score (nSPS) is 11.5. The maximum atomic E-state index is 12.3. The Morgan fingerprint density at radius 3 is 2.22 bits per heavy atom. The topological polar surface area (TPSA) is 101 Å². The molecular formula is C15H21NO6S. The van der Waals surface area contributed by atoms with Gasteiger partial charge >= 0.3 is 5.97 Å². The molecule has 8 heteroatoms. The summed E-state index contributed by atoms with van der Waals surface area (Å²) >= 11 is 0. The number of methoxy groups -OCH3 is 1. The Morgan fingerprint density at radius 2 is 1.78 bits per heavy atom. The van der Waals surface area contributed by atoms with E-state index in [4.69, 9.17) is 9.84 Å².